The second-order valence-electron chi connectivity index (χ2n) is 17.8. The SMILES string of the molecule is CC/C=C\C/C=C\C/C=C\C/C=C\CCCCCCC(=O)OCC(COC(=O)CCCCCCCCCCCCCCC)OC(=O)CCCCCCCCCCCCCCCC. The van der Waals surface area contributed by atoms with Crippen LogP contribution in [0.15, 0.2) is 48.6 Å². The summed E-state index contributed by atoms with van der Waals surface area (Å²) in [5.74, 6) is -0.890. The largest absolute Gasteiger partial charge is 0.462 e. The molecule has 0 aromatic rings. The standard InChI is InChI=1S/C56H100O6/c1-4-7-10-13-16-19-22-25-27-28-29-32-34-37-40-43-46-49-55(58)61-52-53(51-60-54(57)48-45-42-39-36-33-30-24-21-18-15-12-9-6-3)62-56(59)50-47-44-41-38-35-31-26-23-20-17-14-11-8-5-2/h7,10,16,19,25,27,29,32,53H,4-6,8-9,11-15,17-18,20-24,26,28,30-31,33-52H2,1-3H3/b10-7-,19-16-,27-25-,32-29-. The van der Waals surface area contributed by atoms with Gasteiger partial charge in [0, 0.05) is 19.3 Å². The summed E-state index contributed by atoms with van der Waals surface area (Å²) in [7, 11) is 0. The lowest BCUT2D eigenvalue weighted by Crippen LogP contribution is -2.30. The van der Waals surface area contributed by atoms with Gasteiger partial charge in [0.2, 0.25) is 0 Å². The molecule has 0 spiro atoms. The van der Waals surface area contributed by atoms with E-state index in [9.17, 15) is 14.4 Å². The number of carbonyl (C=O) groups is 3. The summed E-state index contributed by atoms with van der Waals surface area (Å²) >= 11 is 0. The summed E-state index contributed by atoms with van der Waals surface area (Å²) in [4.78, 5) is 38.0. The lowest BCUT2D eigenvalue weighted by Gasteiger charge is -2.18. The van der Waals surface area contributed by atoms with Crippen LogP contribution in [-0.2, 0) is 28.6 Å². The minimum absolute atomic E-state index is 0.0770. The van der Waals surface area contributed by atoms with E-state index in [1.165, 1.54) is 135 Å². The first-order chi connectivity index (χ1) is 30.5. The zero-order valence-electron chi connectivity index (χ0n) is 41.1. The molecule has 0 rings (SSSR count). The van der Waals surface area contributed by atoms with Crippen LogP contribution in [0.1, 0.15) is 271 Å². The van der Waals surface area contributed by atoms with Crippen molar-refractivity contribution in [3.05, 3.63) is 48.6 Å². The van der Waals surface area contributed by atoms with Crippen molar-refractivity contribution in [3.63, 3.8) is 0 Å². The molecule has 0 aromatic carbocycles. The van der Waals surface area contributed by atoms with E-state index >= 15 is 0 Å². The Kier molecular flexibility index (Phi) is 48.8. The molecule has 360 valence electrons. The van der Waals surface area contributed by atoms with Gasteiger partial charge in [-0.2, -0.15) is 0 Å². The van der Waals surface area contributed by atoms with Crippen LogP contribution in [0.2, 0.25) is 0 Å². The minimum Gasteiger partial charge on any atom is -0.462 e. The van der Waals surface area contributed by atoms with Crippen LogP contribution in [0.5, 0.6) is 0 Å². The highest BCUT2D eigenvalue weighted by Gasteiger charge is 2.19. The van der Waals surface area contributed by atoms with E-state index in [-0.39, 0.29) is 31.1 Å². The second kappa shape index (κ2) is 51.0. The summed E-state index contributed by atoms with van der Waals surface area (Å²) < 4.78 is 16.8. The number of rotatable bonds is 48. The molecule has 0 aliphatic rings. The Hall–Kier alpha value is -2.63. The van der Waals surface area contributed by atoms with Crippen LogP contribution < -0.4 is 0 Å². The van der Waals surface area contributed by atoms with Crippen LogP contribution in [-0.4, -0.2) is 37.2 Å². The number of unbranched alkanes of at least 4 members (excludes halogenated alkanes) is 29. The fourth-order valence-corrected chi connectivity index (χ4v) is 7.61. The third-order valence-electron chi connectivity index (χ3n) is 11.6. The normalized spacial score (nSPS) is 12.4. The molecule has 0 radical (unpaired) electrons. The van der Waals surface area contributed by atoms with E-state index < -0.39 is 6.10 Å². The van der Waals surface area contributed by atoms with Crippen molar-refractivity contribution in [1.29, 1.82) is 0 Å². The highest BCUT2D eigenvalue weighted by atomic mass is 16.6. The number of carbonyl (C=O) groups excluding carboxylic acids is 3. The number of hydrogen-bond donors (Lipinski definition) is 0. The van der Waals surface area contributed by atoms with E-state index in [4.69, 9.17) is 14.2 Å². The van der Waals surface area contributed by atoms with Crippen LogP contribution in [0.4, 0.5) is 0 Å². The van der Waals surface area contributed by atoms with Crippen molar-refractivity contribution < 1.29 is 28.6 Å². The molecule has 0 fully saturated rings. The quantitative estimate of drug-likeness (QED) is 0.0262. The fraction of sp³-hybridized carbons (Fsp3) is 0.804. The summed E-state index contributed by atoms with van der Waals surface area (Å²) in [5.41, 5.74) is 0. The first kappa shape index (κ1) is 59.4. The van der Waals surface area contributed by atoms with Crippen molar-refractivity contribution in [3.8, 4) is 0 Å². The molecule has 0 saturated carbocycles. The van der Waals surface area contributed by atoms with Crippen molar-refractivity contribution in [2.24, 2.45) is 0 Å². The van der Waals surface area contributed by atoms with Gasteiger partial charge >= 0.3 is 17.9 Å². The molecular weight excluding hydrogens is 769 g/mol. The smallest absolute Gasteiger partial charge is 0.306 e. The summed E-state index contributed by atoms with van der Waals surface area (Å²) in [5, 5.41) is 0. The maximum atomic E-state index is 12.8. The molecule has 0 amide bonds. The fourth-order valence-electron chi connectivity index (χ4n) is 7.61. The van der Waals surface area contributed by atoms with Gasteiger partial charge in [-0.05, 0) is 57.8 Å². The first-order valence-electron chi connectivity index (χ1n) is 26.6. The Labute approximate surface area is 384 Å². The summed E-state index contributed by atoms with van der Waals surface area (Å²) in [6.45, 7) is 6.53. The Morgan fingerprint density at radius 2 is 0.629 bits per heavy atom. The van der Waals surface area contributed by atoms with E-state index in [2.05, 4.69) is 69.4 Å². The van der Waals surface area contributed by atoms with Gasteiger partial charge < -0.3 is 14.2 Å². The van der Waals surface area contributed by atoms with Crippen LogP contribution in [0.3, 0.4) is 0 Å². The predicted octanol–water partition coefficient (Wildman–Crippen LogP) is 17.5. The first-order valence-corrected chi connectivity index (χ1v) is 26.6. The van der Waals surface area contributed by atoms with Crippen molar-refractivity contribution in [1.82, 2.24) is 0 Å². The number of hydrogen-bond acceptors (Lipinski definition) is 6. The zero-order chi connectivity index (χ0) is 45.1. The van der Waals surface area contributed by atoms with Gasteiger partial charge in [-0.1, -0.05) is 243 Å². The lowest BCUT2D eigenvalue weighted by molar-refractivity contribution is -0.167. The van der Waals surface area contributed by atoms with Crippen LogP contribution in [0, 0.1) is 0 Å². The molecular formula is C56H100O6. The van der Waals surface area contributed by atoms with Crippen LogP contribution in [0.25, 0.3) is 0 Å². The van der Waals surface area contributed by atoms with Crippen molar-refractivity contribution in [2.75, 3.05) is 13.2 Å². The molecule has 6 heteroatoms. The molecule has 0 aromatic heterocycles. The van der Waals surface area contributed by atoms with E-state index in [1.807, 2.05) is 0 Å². The zero-order valence-corrected chi connectivity index (χ0v) is 41.1. The molecule has 0 N–H and O–H groups in total. The second-order valence-corrected chi connectivity index (χ2v) is 17.8. The molecule has 0 heterocycles. The van der Waals surface area contributed by atoms with Gasteiger partial charge in [-0.25, -0.2) is 0 Å². The Bertz CT molecular complexity index is 1090. The lowest BCUT2D eigenvalue weighted by atomic mass is 10.0. The van der Waals surface area contributed by atoms with Crippen molar-refractivity contribution >= 4 is 17.9 Å². The van der Waals surface area contributed by atoms with Crippen LogP contribution >= 0.6 is 0 Å². The maximum Gasteiger partial charge on any atom is 0.306 e. The number of ether oxygens (including phenoxy) is 3. The van der Waals surface area contributed by atoms with E-state index in [1.54, 1.807) is 0 Å². The predicted molar refractivity (Wildman–Crippen MR) is 265 cm³/mol. The van der Waals surface area contributed by atoms with Gasteiger partial charge in [0.25, 0.3) is 0 Å². The average Bonchev–Trinajstić information content (AvgIpc) is 3.27. The molecule has 6 nitrogen and oxygen atoms in total. The van der Waals surface area contributed by atoms with Crippen molar-refractivity contribution in [2.45, 2.75) is 277 Å². The molecule has 62 heavy (non-hydrogen) atoms. The minimum atomic E-state index is -0.778. The summed E-state index contributed by atoms with van der Waals surface area (Å²) in [6.07, 6.45) is 60.9. The van der Waals surface area contributed by atoms with Gasteiger partial charge in [0.05, 0.1) is 0 Å². The van der Waals surface area contributed by atoms with Gasteiger partial charge in [0.15, 0.2) is 6.10 Å². The highest BCUT2D eigenvalue weighted by Crippen LogP contribution is 2.16. The highest BCUT2D eigenvalue weighted by molar-refractivity contribution is 5.71. The monoisotopic (exact) mass is 869 g/mol. The van der Waals surface area contributed by atoms with Gasteiger partial charge in [-0.3, -0.25) is 14.4 Å². The molecule has 1 atom stereocenters. The van der Waals surface area contributed by atoms with Gasteiger partial charge in [0.1, 0.15) is 13.2 Å². The molecule has 1 unspecified atom stereocenters. The summed E-state index contributed by atoms with van der Waals surface area (Å²) in [6, 6.07) is 0. The molecule has 0 saturated heterocycles. The number of allylic oxidation sites excluding steroid dienone is 8. The molecule has 0 aliphatic carbocycles. The van der Waals surface area contributed by atoms with E-state index in [0.29, 0.717) is 19.3 Å². The number of esters is 3. The van der Waals surface area contributed by atoms with Gasteiger partial charge in [-0.15, -0.1) is 0 Å². The topological polar surface area (TPSA) is 78.9 Å². The van der Waals surface area contributed by atoms with E-state index in [0.717, 1.165) is 96.3 Å². The Morgan fingerprint density at radius 1 is 0.339 bits per heavy atom. The molecule has 0 aliphatic heterocycles. The maximum absolute atomic E-state index is 12.8. The molecule has 0 bridgehead atoms. The third kappa shape index (κ3) is 48.4. The Morgan fingerprint density at radius 3 is 0.984 bits per heavy atom. The third-order valence-corrected chi connectivity index (χ3v) is 11.6. The average molecular weight is 869 g/mol. The Balaban J connectivity index is 4.39.